The van der Waals surface area contributed by atoms with Crippen LogP contribution in [0.5, 0.6) is 0 Å². The van der Waals surface area contributed by atoms with Gasteiger partial charge >= 0.3 is 0 Å². The number of hydrogen-bond donors (Lipinski definition) is 1. The molecule has 0 saturated carbocycles. The van der Waals surface area contributed by atoms with Gasteiger partial charge in [0, 0.05) is 16.9 Å². The number of nitrogens with zero attached hydrogens (tertiary/aromatic N) is 3. The van der Waals surface area contributed by atoms with Crippen molar-refractivity contribution in [1.82, 2.24) is 15.5 Å². The van der Waals surface area contributed by atoms with Crippen LogP contribution in [0.2, 0.25) is 0 Å². The van der Waals surface area contributed by atoms with Gasteiger partial charge in [0.2, 0.25) is 5.82 Å². The van der Waals surface area contributed by atoms with Crippen LogP contribution >= 0.6 is 12.2 Å². The van der Waals surface area contributed by atoms with Gasteiger partial charge in [0.1, 0.15) is 5.82 Å². The molecule has 1 unspecified atom stereocenters. The van der Waals surface area contributed by atoms with Crippen molar-refractivity contribution >= 4 is 28.6 Å². The number of nitrogens with one attached hydrogen (secondary N) is 1. The molecule has 0 fully saturated rings. The number of aromatic nitrogens is 2. The molecule has 170 valence electrons. The van der Waals surface area contributed by atoms with Crippen LogP contribution in [0.15, 0.2) is 83.0 Å². The SMILES string of the molecule is CC1=C(c2nc(-c3ccccc3)no2)C(c2cccc(F)c2)NC(=S)N1c1ccc(C)c(C)c1. The highest BCUT2D eigenvalue weighted by Crippen LogP contribution is 2.39. The van der Waals surface area contributed by atoms with Crippen LogP contribution in [0, 0.1) is 19.7 Å². The van der Waals surface area contributed by atoms with Crippen LogP contribution in [0.1, 0.15) is 35.5 Å². The normalized spacial score (nSPS) is 16.1. The highest BCUT2D eigenvalue weighted by Gasteiger charge is 2.35. The quantitative estimate of drug-likeness (QED) is 0.350. The van der Waals surface area contributed by atoms with Gasteiger partial charge in [0.25, 0.3) is 5.89 Å². The van der Waals surface area contributed by atoms with Crippen molar-refractivity contribution in [3.05, 3.63) is 107 Å². The summed E-state index contributed by atoms with van der Waals surface area (Å²) in [6, 6.07) is 21.8. The maximum atomic E-state index is 14.2. The maximum Gasteiger partial charge on any atom is 0.258 e. The number of allylic oxidation sites excluding steroid dienone is 1. The van der Waals surface area contributed by atoms with E-state index in [0.29, 0.717) is 16.8 Å². The van der Waals surface area contributed by atoms with E-state index >= 15 is 0 Å². The Labute approximate surface area is 202 Å². The van der Waals surface area contributed by atoms with Gasteiger partial charge in [-0.1, -0.05) is 53.7 Å². The molecular weight excluding hydrogens is 447 g/mol. The van der Waals surface area contributed by atoms with Gasteiger partial charge in [-0.15, -0.1) is 0 Å². The van der Waals surface area contributed by atoms with Crippen molar-refractivity contribution in [2.75, 3.05) is 4.90 Å². The first-order valence-corrected chi connectivity index (χ1v) is 11.4. The lowest BCUT2D eigenvalue weighted by Crippen LogP contribution is -2.46. The van der Waals surface area contributed by atoms with Crippen LogP contribution in [-0.2, 0) is 0 Å². The second kappa shape index (κ2) is 8.83. The van der Waals surface area contributed by atoms with Crippen LogP contribution < -0.4 is 10.2 Å². The third-order valence-electron chi connectivity index (χ3n) is 6.10. The molecule has 5 rings (SSSR count). The van der Waals surface area contributed by atoms with Gasteiger partial charge in [-0.05, 0) is 73.9 Å². The van der Waals surface area contributed by atoms with E-state index in [-0.39, 0.29) is 5.82 Å². The smallest absolute Gasteiger partial charge is 0.258 e. The molecule has 7 heteroatoms. The molecule has 0 spiro atoms. The van der Waals surface area contributed by atoms with E-state index in [4.69, 9.17) is 21.7 Å². The van der Waals surface area contributed by atoms with Crippen molar-refractivity contribution in [3.63, 3.8) is 0 Å². The summed E-state index contributed by atoms with van der Waals surface area (Å²) in [5.41, 5.74) is 6.43. The number of hydrogen-bond acceptors (Lipinski definition) is 4. The average Bonchev–Trinajstić information content (AvgIpc) is 3.31. The molecule has 0 aliphatic carbocycles. The number of aryl methyl sites for hydroxylation is 2. The predicted molar refractivity (Wildman–Crippen MR) is 136 cm³/mol. The predicted octanol–water partition coefficient (Wildman–Crippen LogP) is 6.36. The van der Waals surface area contributed by atoms with E-state index in [2.05, 4.69) is 36.5 Å². The largest absolute Gasteiger partial charge is 0.351 e. The summed E-state index contributed by atoms with van der Waals surface area (Å²) in [5, 5.41) is 8.10. The van der Waals surface area contributed by atoms with E-state index in [1.54, 1.807) is 6.07 Å². The fraction of sp³-hybridized carbons (Fsp3) is 0.148. The standard InChI is InChI=1S/C27H23FN4OS/c1-16-12-13-22(14-17(16)2)32-18(3)23(24(29-27(32)34)20-10-7-11-21(28)15-20)26-30-25(31-33-26)19-8-5-4-6-9-19/h4-15,24H,1-3H3,(H,29,34). The molecule has 0 bridgehead atoms. The van der Waals surface area contributed by atoms with Gasteiger partial charge in [0.15, 0.2) is 5.11 Å². The molecule has 0 saturated heterocycles. The molecule has 1 aliphatic rings. The van der Waals surface area contributed by atoms with Gasteiger partial charge in [0.05, 0.1) is 11.6 Å². The third-order valence-corrected chi connectivity index (χ3v) is 6.40. The van der Waals surface area contributed by atoms with Crippen LogP contribution in [0.25, 0.3) is 17.0 Å². The summed E-state index contributed by atoms with van der Waals surface area (Å²) >= 11 is 5.78. The third kappa shape index (κ3) is 3.99. The lowest BCUT2D eigenvalue weighted by molar-refractivity contribution is 0.404. The molecule has 1 aliphatic heterocycles. The maximum absolute atomic E-state index is 14.2. The summed E-state index contributed by atoms with van der Waals surface area (Å²) < 4.78 is 19.9. The summed E-state index contributed by atoms with van der Waals surface area (Å²) in [6.07, 6.45) is 0. The Bertz CT molecular complexity index is 1410. The van der Waals surface area contributed by atoms with E-state index in [0.717, 1.165) is 33.6 Å². The fourth-order valence-electron chi connectivity index (χ4n) is 4.17. The second-order valence-electron chi connectivity index (χ2n) is 8.33. The van der Waals surface area contributed by atoms with Gasteiger partial charge in [-0.25, -0.2) is 4.39 Å². The van der Waals surface area contributed by atoms with Crippen molar-refractivity contribution in [1.29, 1.82) is 0 Å². The molecule has 1 N–H and O–H groups in total. The summed E-state index contributed by atoms with van der Waals surface area (Å²) in [4.78, 5) is 6.66. The number of anilines is 1. The van der Waals surface area contributed by atoms with Crippen molar-refractivity contribution < 1.29 is 8.91 Å². The average molecular weight is 471 g/mol. The molecule has 5 nitrogen and oxygen atoms in total. The first-order valence-electron chi connectivity index (χ1n) is 11.0. The first-order chi connectivity index (χ1) is 16.4. The van der Waals surface area contributed by atoms with Crippen molar-refractivity contribution in [2.45, 2.75) is 26.8 Å². The Hall–Kier alpha value is -3.84. The minimum absolute atomic E-state index is 0.325. The molecule has 3 aromatic carbocycles. The van der Waals surface area contributed by atoms with E-state index in [1.165, 1.54) is 17.7 Å². The second-order valence-corrected chi connectivity index (χ2v) is 8.72. The lowest BCUT2D eigenvalue weighted by Gasteiger charge is -2.37. The highest BCUT2D eigenvalue weighted by molar-refractivity contribution is 7.80. The van der Waals surface area contributed by atoms with Gasteiger partial charge in [-0.3, -0.25) is 4.90 Å². The van der Waals surface area contributed by atoms with E-state index in [9.17, 15) is 4.39 Å². The number of rotatable bonds is 4. The number of halogens is 1. The molecule has 34 heavy (non-hydrogen) atoms. The molecule has 0 radical (unpaired) electrons. The fourth-order valence-corrected chi connectivity index (χ4v) is 4.53. The molecular formula is C27H23FN4OS. The molecule has 2 heterocycles. The van der Waals surface area contributed by atoms with Crippen LogP contribution in [0.3, 0.4) is 0 Å². The van der Waals surface area contributed by atoms with Crippen LogP contribution in [-0.4, -0.2) is 15.3 Å². The summed E-state index contributed by atoms with van der Waals surface area (Å²) in [6.45, 7) is 6.11. The Kier molecular flexibility index (Phi) is 5.71. The molecule has 1 aromatic heterocycles. The van der Waals surface area contributed by atoms with Crippen molar-refractivity contribution in [3.8, 4) is 11.4 Å². The van der Waals surface area contributed by atoms with Gasteiger partial charge < -0.3 is 9.84 Å². The number of benzene rings is 3. The minimum atomic E-state index is -0.449. The highest BCUT2D eigenvalue weighted by atomic mass is 32.1. The first kappa shape index (κ1) is 22.0. The summed E-state index contributed by atoms with van der Waals surface area (Å²) in [5.74, 6) is 0.517. The number of thiocarbonyl (C=S) groups is 1. The summed E-state index contributed by atoms with van der Waals surface area (Å²) in [7, 11) is 0. The zero-order valence-electron chi connectivity index (χ0n) is 19.0. The topological polar surface area (TPSA) is 54.2 Å². The Morgan fingerprint density at radius 2 is 1.74 bits per heavy atom. The Morgan fingerprint density at radius 3 is 2.47 bits per heavy atom. The van der Waals surface area contributed by atoms with Crippen LogP contribution in [0.4, 0.5) is 10.1 Å². The molecule has 4 aromatic rings. The Balaban J connectivity index is 1.67. The van der Waals surface area contributed by atoms with Gasteiger partial charge in [-0.2, -0.15) is 4.98 Å². The zero-order valence-corrected chi connectivity index (χ0v) is 19.9. The monoisotopic (exact) mass is 470 g/mol. The Morgan fingerprint density at radius 1 is 0.941 bits per heavy atom. The van der Waals surface area contributed by atoms with E-state index in [1.807, 2.05) is 54.3 Å². The minimum Gasteiger partial charge on any atom is -0.351 e. The lowest BCUT2D eigenvalue weighted by atomic mass is 9.94. The molecule has 0 amide bonds. The van der Waals surface area contributed by atoms with E-state index < -0.39 is 6.04 Å². The molecule has 1 atom stereocenters. The van der Waals surface area contributed by atoms with Crippen molar-refractivity contribution in [2.24, 2.45) is 0 Å². The zero-order chi connectivity index (χ0) is 23.8.